The maximum Gasteiger partial charge on any atom is 0.0665 e. The van der Waals surface area contributed by atoms with Gasteiger partial charge in [0.2, 0.25) is 0 Å². The molecule has 21 heavy (non-hydrogen) atoms. The fourth-order valence-corrected chi connectivity index (χ4v) is 5.53. The monoisotopic (exact) mass is 293 g/mol. The minimum Gasteiger partial charge on any atom is -0.374 e. The molecule has 0 bridgehead atoms. The van der Waals surface area contributed by atoms with Gasteiger partial charge in [-0.25, -0.2) is 0 Å². The summed E-state index contributed by atoms with van der Waals surface area (Å²) in [7, 11) is 2.14. The van der Waals surface area contributed by atoms with Crippen LogP contribution in [-0.4, -0.2) is 25.3 Å². The summed E-state index contributed by atoms with van der Waals surface area (Å²) in [4.78, 5) is 0. The van der Waals surface area contributed by atoms with E-state index < -0.39 is 0 Å². The zero-order chi connectivity index (χ0) is 15.0. The molecule has 2 nitrogen and oxygen atoms in total. The molecule has 5 atom stereocenters. The molecule has 2 heteroatoms. The summed E-state index contributed by atoms with van der Waals surface area (Å²) in [6.07, 6.45) is 12.0. The lowest BCUT2D eigenvalue weighted by Gasteiger charge is -2.56. The molecule has 0 aromatic rings. The van der Waals surface area contributed by atoms with Crippen molar-refractivity contribution in [1.29, 1.82) is 0 Å². The van der Waals surface area contributed by atoms with Gasteiger partial charge in [-0.3, -0.25) is 0 Å². The van der Waals surface area contributed by atoms with E-state index in [1.54, 1.807) is 0 Å². The minimum atomic E-state index is 0.483. The molecule has 0 radical (unpaired) electrons. The van der Waals surface area contributed by atoms with Gasteiger partial charge in [0.05, 0.1) is 12.2 Å². The average Bonchev–Trinajstić information content (AvgIpc) is 2.95. The lowest BCUT2D eigenvalue weighted by atomic mass is 9.60. The third-order valence-electron chi connectivity index (χ3n) is 6.97. The molecule has 0 aromatic heterocycles. The molecule has 3 rings (SSSR count). The molecule has 1 spiro atoms. The van der Waals surface area contributed by atoms with Crippen LogP contribution in [0.3, 0.4) is 0 Å². The first-order valence-corrected chi connectivity index (χ1v) is 9.39. The molecule has 5 unspecified atom stereocenters. The first-order chi connectivity index (χ1) is 10.1. The van der Waals surface area contributed by atoms with Gasteiger partial charge in [0.25, 0.3) is 0 Å². The van der Waals surface area contributed by atoms with Gasteiger partial charge in [-0.2, -0.15) is 0 Å². The predicted octanol–water partition coefficient (Wildman–Crippen LogP) is 4.38. The molecule has 3 fully saturated rings. The Balaban J connectivity index is 1.67. The van der Waals surface area contributed by atoms with E-state index >= 15 is 0 Å². The second kappa shape index (κ2) is 6.20. The predicted molar refractivity (Wildman–Crippen MR) is 88.4 cm³/mol. The van der Waals surface area contributed by atoms with E-state index in [0.29, 0.717) is 23.7 Å². The number of rotatable bonds is 4. The molecular weight excluding hydrogens is 258 g/mol. The van der Waals surface area contributed by atoms with Crippen LogP contribution in [-0.2, 0) is 4.74 Å². The van der Waals surface area contributed by atoms with Gasteiger partial charge >= 0.3 is 0 Å². The van der Waals surface area contributed by atoms with Crippen LogP contribution in [0.4, 0.5) is 0 Å². The lowest BCUT2D eigenvalue weighted by molar-refractivity contribution is -0.184. The van der Waals surface area contributed by atoms with Gasteiger partial charge in [0, 0.05) is 11.5 Å². The van der Waals surface area contributed by atoms with Gasteiger partial charge in [0.1, 0.15) is 0 Å². The molecule has 3 aliphatic carbocycles. The Bertz CT molecular complexity index is 347. The topological polar surface area (TPSA) is 21.3 Å². The van der Waals surface area contributed by atoms with Crippen molar-refractivity contribution in [3.8, 4) is 0 Å². The van der Waals surface area contributed by atoms with Crippen molar-refractivity contribution < 1.29 is 4.74 Å². The summed E-state index contributed by atoms with van der Waals surface area (Å²) in [6.45, 7) is 7.19. The highest BCUT2D eigenvalue weighted by Gasteiger charge is 2.57. The number of nitrogens with one attached hydrogen (secondary N) is 1. The Morgan fingerprint density at radius 3 is 2.43 bits per heavy atom. The maximum atomic E-state index is 6.80. The van der Waals surface area contributed by atoms with Crippen LogP contribution in [0.5, 0.6) is 0 Å². The maximum absolute atomic E-state index is 6.80. The van der Waals surface area contributed by atoms with E-state index in [9.17, 15) is 0 Å². The Hall–Kier alpha value is -0.0800. The zero-order valence-electron chi connectivity index (χ0n) is 14.5. The van der Waals surface area contributed by atoms with Gasteiger partial charge in [0.15, 0.2) is 0 Å². The van der Waals surface area contributed by atoms with Crippen molar-refractivity contribution in [3.63, 3.8) is 0 Å². The molecule has 122 valence electrons. The lowest BCUT2D eigenvalue weighted by Crippen LogP contribution is -2.63. The average molecular weight is 293 g/mol. The summed E-state index contributed by atoms with van der Waals surface area (Å²) in [5.41, 5.74) is 0.483. The van der Waals surface area contributed by atoms with Crippen molar-refractivity contribution >= 4 is 0 Å². The van der Waals surface area contributed by atoms with Gasteiger partial charge in [-0.05, 0) is 56.9 Å². The van der Waals surface area contributed by atoms with E-state index in [4.69, 9.17) is 4.74 Å². The fourth-order valence-electron chi connectivity index (χ4n) is 5.53. The van der Waals surface area contributed by atoms with Crippen molar-refractivity contribution in [2.45, 2.75) is 90.4 Å². The highest BCUT2D eigenvalue weighted by molar-refractivity contribution is 5.10. The number of ether oxygens (including phenoxy) is 1. The van der Waals surface area contributed by atoms with Crippen molar-refractivity contribution in [3.05, 3.63) is 0 Å². The normalized spacial score (nSPS) is 42.4. The molecular formula is C19H35NO. The van der Waals surface area contributed by atoms with Crippen molar-refractivity contribution in [2.75, 3.05) is 7.05 Å². The Kier molecular flexibility index (Phi) is 4.66. The van der Waals surface area contributed by atoms with Crippen LogP contribution in [0.1, 0.15) is 72.1 Å². The van der Waals surface area contributed by atoms with Crippen molar-refractivity contribution in [2.24, 2.45) is 23.2 Å². The van der Waals surface area contributed by atoms with E-state index in [0.717, 1.165) is 17.8 Å². The Labute approximate surface area is 131 Å². The van der Waals surface area contributed by atoms with E-state index in [1.807, 2.05) is 0 Å². The molecule has 0 heterocycles. The first kappa shape index (κ1) is 15.8. The molecule has 0 aromatic carbocycles. The molecule has 0 amide bonds. The molecule has 0 aliphatic heterocycles. The smallest absolute Gasteiger partial charge is 0.0665 e. The second-order valence-corrected chi connectivity index (χ2v) is 8.51. The summed E-state index contributed by atoms with van der Waals surface area (Å²) in [5.74, 6) is 2.40. The Morgan fingerprint density at radius 2 is 1.81 bits per heavy atom. The largest absolute Gasteiger partial charge is 0.374 e. The van der Waals surface area contributed by atoms with Crippen LogP contribution in [0.2, 0.25) is 0 Å². The molecule has 3 saturated carbocycles. The van der Waals surface area contributed by atoms with E-state index in [-0.39, 0.29) is 0 Å². The highest BCUT2D eigenvalue weighted by Crippen LogP contribution is 2.55. The van der Waals surface area contributed by atoms with Gasteiger partial charge in [-0.1, -0.05) is 40.0 Å². The van der Waals surface area contributed by atoms with E-state index in [1.165, 1.54) is 51.4 Å². The van der Waals surface area contributed by atoms with Crippen LogP contribution in [0.25, 0.3) is 0 Å². The van der Waals surface area contributed by atoms with E-state index in [2.05, 4.69) is 33.1 Å². The third-order valence-corrected chi connectivity index (χ3v) is 6.97. The van der Waals surface area contributed by atoms with Gasteiger partial charge < -0.3 is 10.1 Å². The number of hydrogen-bond acceptors (Lipinski definition) is 2. The second-order valence-electron chi connectivity index (χ2n) is 8.51. The molecule has 1 N–H and O–H groups in total. The molecule has 0 saturated heterocycles. The first-order valence-electron chi connectivity index (χ1n) is 9.39. The van der Waals surface area contributed by atoms with Crippen LogP contribution < -0.4 is 5.32 Å². The van der Waals surface area contributed by atoms with Crippen LogP contribution >= 0.6 is 0 Å². The van der Waals surface area contributed by atoms with Crippen LogP contribution in [0, 0.1) is 23.2 Å². The summed E-state index contributed by atoms with van der Waals surface area (Å²) in [5, 5.41) is 3.56. The summed E-state index contributed by atoms with van der Waals surface area (Å²) in [6, 6.07) is 0.712. The molecule has 3 aliphatic rings. The quantitative estimate of drug-likeness (QED) is 0.830. The zero-order valence-corrected chi connectivity index (χ0v) is 14.5. The highest BCUT2D eigenvalue weighted by atomic mass is 16.5. The fraction of sp³-hybridized carbons (Fsp3) is 1.00. The number of hydrogen-bond donors (Lipinski definition) is 1. The van der Waals surface area contributed by atoms with Crippen molar-refractivity contribution in [1.82, 2.24) is 5.32 Å². The van der Waals surface area contributed by atoms with Gasteiger partial charge in [-0.15, -0.1) is 0 Å². The standard InChI is InChI=1S/C19H35NO/c1-13(2)15-8-7-14(3)11-16(15)21-18-12-17(20-4)19(18)9-5-6-10-19/h13-18,20H,5-12H2,1-4H3. The summed E-state index contributed by atoms with van der Waals surface area (Å²) >= 11 is 0. The van der Waals surface area contributed by atoms with Crippen LogP contribution in [0.15, 0.2) is 0 Å². The Morgan fingerprint density at radius 1 is 1.10 bits per heavy atom. The SMILES string of the molecule is CNC1CC(OC2CC(C)CCC2C(C)C)C12CCCC2. The summed E-state index contributed by atoms with van der Waals surface area (Å²) < 4.78 is 6.80. The minimum absolute atomic E-state index is 0.483. The third kappa shape index (κ3) is 2.79.